The molecule has 7 heteroatoms. The highest BCUT2D eigenvalue weighted by Crippen LogP contribution is 2.26. The largest absolute Gasteiger partial charge is 0.496 e. The molecule has 1 heterocycles. The van der Waals surface area contributed by atoms with Crippen LogP contribution in [0.25, 0.3) is 0 Å². The summed E-state index contributed by atoms with van der Waals surface area (Å²) in [6.45, 7) is 8.64. The summed E-state index contributed by atoms with van der Waals surface area (Å²) >= 11 is 0. The van der Waals surface area contributed by atoms with E-state index in [-0.39, 0.29) is 35.6 Å². The number of benzene rings is 1. The highest BCUT2D eigenvalue weighted by Gasteiger charge is 2.30. The van der Waals surface area contributed by atoms with Gasteiger partial charge in [0.1, 0.15) is 11.8 Å². The molecular weight excluding hydrogens is 366 g/mol. The Hall–Kier alpha value is -1.79. The van der Waals surface area contributed by atoms with E-state index in [1.54, 1.807) is 18.2 Å². The van der Waals surface area contributed by atoms with Gasteiger partial charge in [-0.05, 0) is 49.4 Å². The highest BCUT2D eigenvalue weighted by atomic mass is 35.5. The summed E-state index contributed by atoms with van der Waals surface area (Å²) in [6, 6.07) is 6.43. The molecule has 2 rings (SSSR count). The Morgan fingerprint density at radius 2 is 1.85 bits per heavy atom. The Morgan fingerprint density at radius 1 is 1.22 bits per heavy atom. The van der Waals surface area contributed by atoms with E-state index in [9.17, 15) is 9.59 Å². The number of carbonyl (C=O) groups excluding carboxylic acids is 2. The van der Waals surface area contributed by atoms with Crippen molar-refractivity contribution in [1.82, 2.24) is 16.0 Å². The van der Waals surface area contributed by atoms with Crippen LogP contribution in [0.1, 0.15) is 44.0 Å². The maximum Gasteiger partial charge on any atom is 0.255 e. The van der Waals surface area contributed by atoms with E-state index in [2.05, 4.69) is 22.9 Å². The number of hydrogen-bond donors (Lipinski definition) is 3. The first kappa shape index (κ1) is 23.2. The SMILES string of the molecule is COc1ccccc1C(=O)NC(C(=O)NCC1(C)CCNCC1)C(C)C.Cl. The second kappa shape index (κ2) is 10.5. The molecule has 0 radical (unpaired) electrons. The number of nitrogens with one attached hydrogen (secondary N) is 3. The Labute approximate surface area is 168 Å². The molecule has 1 aliphatic heterocycles. The van der Waals surface area contributed by atoms with Crippen molar-refractivity contribution >= 4 is 24.2 Å². The maximum atomic E-state index is 12.7. The minimum Gasteiger partial charge on any atom is -0.496 e. The molecule has 0 bridgehead atoms. The normalized spacial score (nSPS) is 16.8. The van der Waals surface area contributed by atoms with Crippen LogP contribution in [-0.4, -0.2) is 44.6 Å². The molecule has 2 amide bonds. The van der Waals surface area contributed by atoms with Crippen molar-refractivity contribution in [3.05, 3.63) is 29.8 Å². The number of amides is 2. The Morgan fingerprint density at radius 3 is 2.44 bits per heavy atom. The monoisotopic (exact) mass is 397 g/mol. The van der Waals surface area contributed by atoms with Crippen LogP contribution in [0.15, 0.2) is 24.3 Å². The lowest BCUT2D eigenvalue weighted by molar-refractivity contribution is -0.124. The van der Waals surface area contributed by atoms with Gasteiger partial charge in [0.05, 0.1) is 12.7 Å². The molecule has 1 aromatic rings. The molecular formula is C20H32ClN3O3. The first-order valence-corrected chi connectivity index (χ1v) is 9.28. The predicted octanol–water partition coefficient (Wildman–Crippen LogP) is 2.38. The second-order valence-electron chi connectivity index (χ2n) is 7.67. The topological polar surface area (TPSA) is 79.5 Å². The van der Waals surface area contributed by atoms with Crippen LogP contribution in [0.3, 0.4) is 0 Å². The van der Waals surface area contributed by atoms with Gasteiger partial charge in [-0.15, -0.1) is 12.4 Å². The summed E-state index contributed by atoms with van der Waals surface area (Å²) in [7, 11) is 1.53. The van der Waals surface area contributed by atoms with Crippen molar-refractivity contribution in [2.75, 3.05) is 26.7 Å². The number of halogens is 1. The van der Waals surface area contributed by atoms with Crippen LogP contribution < -0.4 is 20.7 Å². The Bertz CT molecular complexity index is 631. The summed E-state index contributed by atoms with van der Waals surface area (Å²) in [5.41, 5.74) is 0.536. The third-order valence-electron chi connectivity index (χ3n) is 5.09. The molecule has 152 valence electrons. The van der Waals surface area contributed by atoms with Gasteiger partial charge >= 0.3 is 0 Å². The van der Waals surface area contributed by atoms with Gasteiger partial charge in [-0.25, -0.2) is 0 Å². The maximum absolute atomic E-state index is 12.7. The van der Waals surface area contributed by atoms with Crippen LogP contribution >= 0.6 is 12.4 Å². The van der Waals surface area contributed by atoms with Gasteiger partial charge in [0, 0.05) is 6.54 Å². The molecule has 1 unspecified atom stereocenters. The van der Waals surface area contributed by atoms with Gasteiger partial charge < -0.3 is 20.7 Å². The molecule has 6 nitrogen and oxygen atoms in total. The van der Waals surface area contributed by atoms with E-state index >= 15 is 0 Å². The first-order chi connectivity index (χ1) is 12.4. The molecule has 0 aliphatic carbocycles. The fourth-order valence-corrected chi connectivity index (χ4v) is 3.20. The molecule has 0 saturated carbocycles. The zero-order valence-electron chi connectivity index (χ0n) is 16.6. The predicted molar refractivity (Wildman–Crippen MR) is 110 cm³/mol. The fourth-order valence-electron chi connectivity index (χ4n) is 3.20. The van der Waals surface area contributed by atoms with Crippen LogP contribution in [-0.2, 0) is 4.79 Å². The zero-order valence-corrected chi connectivity index (χ0v) is 17.4. The lowest BCUT2D eigenvalue weighted by atomic mass is 9.81. The number of carbonyl (C=O) groups is 2. The second-order valence-corrected chi connectivity index (χ2v) is 7.67. The molecule has 1 saturated heterocycles. The molecule has 1 aliphatic rings. The minimum atomic E-state index is -0.585. The van der Waals surface area contributed by atoms with E-state index in [0.717, 1.165) is 25.9 Å². The van der Waals surface area contributed by atoms with Gasteiger partial charge in [0.25, 0.3) is 5.91 Å². The van der Waals surface area contributed by atoms with Crippen molar-refractivity contribution < 1.29 is 14.3 Å². The number of methoxy groups -OCH3 is 1. The van der Waals surface area contributed by atoms with Crippen LogP contribution in [0.2, 0.25) is 0 Å². The quantitative estimate of drug-likeness (QED) is 0.660. The Balaban J connectivity index is 0.00000364. The molecule has 27 heavy (non-hydrogen) atoms. The lowest BCUT2D eigenvalue weighted by Crippen LogP contribution is -2.52. The molecule has 1 aromatic carbocycles. The number of piperidine rings is 1. The van der Waals surface area contributed by atoms with E-state index in [4.69, 9.17) is 4.74 Å². The van der Waals surface area contributed by atoms with Crippen molar-refractivity contribution in [3.8, 4) is 5.75 Å². The van der Waals surface area contributed by atoms with Crippen molar-refractivity contribution in [1.29, 1.82) is 0 Å². The molecule has 1 fully saturated rings. The van der Waals surface area contributed by atoms with Crippen LogP contribution in [0.5, 0.6) is 5.75 Å². The average molecular weight is 398 g/mol. The number of rotatable bonds is 7. The van der Waals surface area contributed by atoms with Gasteiger partial charge in [-0.2, -0.15) is 0 Å². The number of hydrogen-bond acceptors (Lipinski definition) is 4. The standard InChI is InChI=1S/C20H31N3O3.ClH/c1-14(2)17(19(25)22-13-20(3)9-11-21-12-10-20)23-18(24)15-7-5-6-8-16(15)26-4;/h5-8,14,17,21H,9-13H2,1-4H3,(H,22,25)(H,23,24);1H. The summed E-state index contributed by atoms with van der Waals surface area (Å²) in [6.07, 6.45) is 2.07. The average Bonchev–Trinajstić information content (AvgIpc) is 2.64. The smallest absolute Gasteiger partial charge is 0.255 e. The summed E-state index contributed by atoms with van der Waals surface area (Å²) in [5, 5.41) is 9.25. The summed E-state index contributed by atoms with van der Waals surface area (Å²) < 4.78 is 5.24. The third kappa shape index (κ3) is 6.40. The van der Waals surface area contributed by atoms with Crippen LogP contribution in [0, 0.1) is 11.3 Å². The van der Waals surface area contributed by atoms with Crippen molar-refractivity contribution in [2.45, 2.75) is 39.7 Å². The van der Waals surface area contributed by atoms with Crippen molar-refractivity contribution in [3.63, 3.8) is 0 Å². The highest BCUT2D eigenvalue weighted by molar-refractivity contribution is 5.99. The molecule has 0 aromatic heterocycles. The number of ether oxygens (including phenoxy) is 1. The van der Waals surface area contributed by atoms with E-state index < -0.39 is 6.04 Å². The zero-order chi connectivity index (χ0) is 19.2. The molecule has 0 spiro atoms. The van der Waals surface area contributed by atoms with Gasteiger partial charge in [0.15, 0.2) is 0 Å². The number of para-hydroxylation sites is 1. The summed E-state index contributed by atoms with van der Waals surface area (Å²) in [5.74, 6) is 0.0389. The van der Waals surface area contributed by atoms with Gasteiger partial charge in [-0.3, -0.25) is 9.59 Å². The van der Waals surface area contributed by atoms with Gasteiger partial charge in [0.2, 0.25) is 5.91 Å². The fraction of sp³-hybridized carbons (Fsp3) is 0.600. The third-order valence-corrected chi connectivity index (χ3v) is 5.09. The van der Waals surface area contributed by atoms with Gasteiger partial charge in [-0.1, -0.05) is 32.9 Å². The first-order valence-electron chi connectivity index (χ1n) is 9.28. The van der Waals surface area contributed by atoms with E-state index in [1.807, 2.05) is 19.9 Å². The van der Waals surface area contributed by atoms with Crippen LogP contribution in [0.4, 0.5) is 0 Å². The van der Waals surface area contributed by atoms with E-state index in [0.29, 0.717) is 17.9 Å². The van der Waals surface area contributed by atoms with Crippen molar-refractivity contribution in [2.24, 2.45) is 11.3 Å². The summed E-state index contributed by atoms with van der Waals surface area (Å²) in [4.78, 5) is 25.4. The van der Waals surface area contributed by atoms with E-state index in [1.165, 1.54) is 7.11 Å². The lowest BCUT2D eigenvalue weighted by Gasteiger charge is -2.35. The minimum absolute atomic E-state index is 0. The molecule has 3 N–H and O–H groups in total. The molecule has 1 atom stereocenters. The Kier molecular flexibility index (Phi) is 9.06.